The average Bonchev–Trinajstić information content (AvgIpc) is 3.25. The van der Waals surface area contributed by atoms with Crippen molar-refractivity contribution in [2.24, 2.45) is 5.41 Å². The molecule has 1 N–H and O–H groups in total. The van der Waals surface area contributed by atoms with Gasteiger partial charge in [0.15, 0.2) is 0 Å². The van der Waals surface area contributed by atoms with Crippen molar-refractivity contribution in [3.8, 4) is 11.1 Å². The van der Waals surface area contributed by atoms with Crippen molar-refractivity contribution in [2.45, 2.75) is 19.3 Å². The van der Waals surface area contributed by atoms with Crippen molar-refractivity contribution >= 4 is 11.8 Å². The van der Waals surface area contributed by atoms with Crippen LogP contribution in [-0.2, 0) is 22.4 Å². The van der Waals surface area contributed by atoms with Crippen molar-refractivity contribution in [1.29, 1.82) is 0 Å². The monoisotopic (exact) mass is 412 g/mol. The molecule has 4 rings (SSSR count). The molecular weight excluding hydrogens is 384 g/mol. The van der Waals surface area contributed by atoms with Gasteiger partial charge in [0.1, 0.15) is 0 Å². The summed E-state index contributed by atoms with van der Waals surface area (Å²) in [7, 11) is 1.68. The Morgan fingerprint density at radius 3 is 2.23 bits per heavy atom. The highest BCUT2D eigenvalue weighted by Crippen LogP contribution is 2.36. The van der Waals surface area contributed by atoms with Crippen molar-refractivity contribution in [3.05, 3.63) is 96.1 Å². The molecule has 1 aliphatic heterocycles. The fraction of sp³-hybridized carbons (Fsp3) is 0.259. The van der Waals surface area contributed by atoms with E-state index in [4.69, 9.17) is 0 Å². The fourth-order valence-electron chi connectivity index (χ4n) is 4.52. The molecule has 0 bridgehead atoms. The molecule has 31 heavy (non-hydrogen) atoms. The minimum atomic E-state index is -0.601. The van der Waals surface area contributed by atoms with Crippen LogP contribution in [0.25, 0.3) is 11.1 Å². The van der Waals surface area contributed by atoms with Crippen LogP contribution in [-0.4, -0.2) is 36.9 Å². The standard InChI is InChI=1S/C27H28N2O2/c1-28-26(31)27(15-16-29(20-27)25(30)18-21-9-4-2-5-10-21)19-22-11-8-14-24(17-22)23-12-6-3-7-13-23/h2-14,17H,15-16,18-20H2,1H3,(H,28,31)/t27-/m1/s1. The average molecular weight is 413 g/mol. The molecule has 1 heterocycles. The SMILES string of the molecule is CNC(=O)[C@@]1(Cc2cccc(-c3ccccc3)c2)CCN(C(=O)Cc2ccccc2)C1. The lowest BCUT2D eigenvalue weighted by Crippen LogP contribution is -2.44. The fourth-order valence-corrected chi connectivity index (χ4v) is 4.52. The van der Waals surface area contributed by atoms with Gasteiger partial charge in [-0.3, -0.25) is 9.59 Å². The zero-order valence-corrected chi connectivity index (χ0v) is 17.9. The van der Waals surface area contributed by atoms with E-state index >= 15 is 0 Å². The molecule has 0 unspecified atom stereocenters. The van der Waals surface area contributed by atoms with Gasteiger partial charge in [-0.2, -0.15) is 0 Å². The number of hydrogen-bond donors (Lipinski definition) is 1. The molecule has 4 nitrogen and oxygen atoms in total. The number of amides is 2. The molecule has 0 aromatic heterocycles. The Labute approximate surface area is 183 Å². The predicted molar refractivity (Wildman–Crippen MR) is 123 cm³/mol. The molecule has 2 amide bonds. The van der Waals surface area contributed by atoms with E-state index in [1.54, 1.807) is 7.05 Å². The smallest absolute Gasteiger partial charge is 0.228 e. The maximum Gasteiger partial charge on any atom is 0.228 e. The Morgan fingerprint density at radius 2 is 1.52 bits per heavy atom. The first-order chi connectivity index (χ1) is 15.1. The lowest BCUT2D eigenvalue weighted by atomic mass is 9.79. The summed E-state index contributed by atoms with van der Waals surface area (Å²) in [5.74, 6) is 0.0858. The molecule has 1 atom stereocenters. The predicted octanol–water partition coefficient (Wildman–Crippen LogP) is 4.10. The van der Waals surface area contributed by atoms with E-state index in [1.807, 2.05) is 59.5 Å². The highest BCUT2D eigenvalue weighted by molar-refractivity contribution is 5.86. The Hall–Kier alpha value is -3.40. The molecule has 1 fully saturated rings. The van der Waals surface area contributed by atoms with E-state index in [0.717, 1.165) is 22.3 Å². The number of benzene rings is 3. The molecule has 4 heteroatoms. The van der Waals surface area contributed by atoms with Gasteiger partial charge in [-0.05, 0) is 35.1 Å². The van der Waals surface area contributed by atoms with Gasteiger partial charge in [0.05, 0.1) is 11.8 Å². The van der Waals surface area contributed by atoms with E-state index in [2.05, 4.69) is 35.6 Å². The summed E-state index contributed by atoms with van der Waals surface area (Å²) in [6.07, 6.45) is 1.65. The van der Waals surface area contributed by atoms with Gasteiger partial charge >= 0.3 is 0 Å². The lowest BCUT2D eigenvalue weighted by Gasteiger charge is -2.28. The van der Waals surface area contributed by atoms with Crippen LogP contribution in [0.4, 0.5) is 0 Å². The van der Waals surface area contributed by atoms with E-state index < -0.39 is 5.41 Å². The minimum Gasteiger partial charge on any atom is -0.359 e. The number of hydrogen-bond acceptors (Lipinski definition) is 2. The van der Waals surface area contributed by atoms with Crippen molar-refractivity contribution in [1.82, 2.24) is 10.2 Å². The molecule has 3 aromatic rings. The molecule has 1 aliphatic rings. The van der Waals surface area contributed by atoms with Crippen LogP contribution < -0.4 is 5.32 Å². The summed E-state index contributed by atoms with van der Waals surface area (Å²) in [5, 5.41) is 2.85. The molecule has 0 aliphatic carbocycles. The second-order valence-electron chi connectivity index (χ2n) is 8.33. The van der Waals surface area contributed by atoms with Gasteiger partial charge in [0.2, 0.25) is 11.8 Å². The minimum absolute atomic E-state index is 0.00706. The molecule has 0 radical (unpaired) electrons. The summed E-state index contributed by atoms with van der Waals surface area (Å²) in [4.78, 5) is 27.7. The first-order valence-electron chi connectivity index (χ1n) is 10.8. The number of nitrogens with zero attached hydrogens (tertiary/aromatic N) is 1. The van der Waals surface area contributed by atoms with Gasteiger partial charge < -0.3 is 10.2 Å². The van der Waals surface area contributed by atoms with Gasteiger partial charge in [0, 0.05) is 20.1 Å². The largest absolute Gasteiger partial charge is 0.359 e. The third-order valence-electron chi connectivity index (χ3n) is 6.19. The third kappa shape index (κ3) is 4.69. The molecule has 3 aromatic carbocycles. The third-order valence-corrected chi connectivity index (χ3v) is 6.19. The molecule has 1 saturated heterocycles. The van der Waals surface area contributed by atoms with Crippen molar-refractivity contribution in [2.75, 3.05) is 20.1 Å². The van der Waals surface area contributed by atoms with Crippen LogP contribution in [0.3, 0.4) is 0 Å². The van der Waals surface area contributed by atoms with Gasteiger partial charge in [-0.15, -0.1) is 0 Å². The normalized spacial score (nSPS) is 18.0. The summed E-state index contributed by atoms with van der Waals surface area (Å²) >= 11 is 0. The second kappa shape index (κ2) is 9.17. The second-order valence-corrected chi connectivity index (χ2v) is 8.33. The van der Waals surface area contributed by atoms with Gasteiger partial charge in [0.25, 0.3) is 0 Å². The zero-order chi connectivity index (χ0) is 21.7. The molecule has 0 saturated carbocycles. The van der Waals surface area contributed by atoms with E-state index in [0.29, 0.717) is 32.4 Å². The number of carbonyl (C=O) groups excluding carboxylic acids is 2. The highest BCUT2D eigenvalue weighted by Gasteiger charge is 2.45. The van der Waals surface area contributed by atoms with Crippen LogP contribution >= 0.6 is 0 Å². The Balaban J connectivity index is 1.53. The van der Waals surface area contributed by atoms with E-state index in [1.165, 1.54) is 0 Å². The van der Waals surface area contributed by atoms with Gasteiger partial charge in [-0.25, -0.2) is 0 Å². The van der Waals surface area contributed by atoms with E-state index in [-0.39, 0.29) is 11.8 Å². The van der Waals surface area contributed by atoms with Crippen molar-refractivity contribution in [3.63, 3.8) is 0 Å². The van der Waals surface area contributed by atoms with Crippen LogP contribution in [0, 0.1) is 5.41 Å². The summed E-state index contributed by atoms with van der Waals surface area (Å²) in [6.45, 7) is 1.06. The topological polar surface area (TPSA) is 49.4 Å². The maximum absolute atomic E-state index is 13.0. The summed E-state index contributed by atoms with van der Waals surface area (Å²) in [5.41, 5.74) is 3.81. The number of carbonyl (C=O) groups is 2. The Morgan fingerprint density at radius 1 is 0.871 bits per heavy atom. The first-order valence-corrected chi connectivity index (χ1v) is 10.8. The summed E-state index contributed by atoms with van der Waals surface area (Å²) < 4.78 is 0. The Kier molecular flexibility index (Phi) is 6.17. The quantitative estimate of drug-likeness (QED) is 0.663. The Bertz CT molecular complexity index is 1050. The van der Waals surface area contributed by atoms with Gasteiger partial charge in [-0.1, -0.05) is 84.9 Å². The van der Waals surface area contributed by atoms with Crippen LogP contribution in [0.2, 0.25) is 0 Å². The highest BCUT2D eigenvalue weighted by atomic mass is 16.2. The van der Waals surface area contributed by atoms with Crippen LogP contribution in [0.15, 0.2) is 84.9 Å². The molecule has 158 valence electrons. The van der Waals surface area contributed by atoms with Crippen molar-refractivity contribution < 1.29 is 9.59 Å². The molecular formula is C27H28N2O2. The molecule has 0 spiro atoms. The number of likely N-dealkylation sites (tertiary alicyclic amines) is 1. The maximum atomic E-state index is 13.0. The number of nitrogens with one attached hydrogen (secondary N) is 1. The lowest BCUT2D eigenvalue weighted by molar-refractivity contribution is -0.132. The zero-order valence-electron chi connectivity index (χ0n) is 17.9. The van der Waals surface area contributed by atoms with E-state index in [9.17, 15) is 9.59 Å². The van der Waals surface area contributed by atoms with Crippen LogP contribution in [0.1, 0.15) is 17.5 Å². The summed E-state index contributed by atoms with van der Waals surface area (Å²) in [6, 6.07) is 28.4. The van der Waals surface area contributed by atoms with Crippen LogP contribution in [0.5, 0.6) is 0 Å². The number of rotatable bonds is 6. The first kappa shape index (κ1) is 20.9.